The van der Waals surface area contributed by atoms with Crippen LogP contribution in [0.2, 0.25) is 0 Å². The van der Waals surface area contributed by atoms with Gasteiger partial charge < -0.3 is 15.5 Å². The van der Waals surface area contributed by atoms with Gasteiger partial charge in [-0.25, -0.2) is 4.79 Å². The molecule has 6 nitrogen and oxygen atoms in total. The maximum atomic E-state index is 12.2. The molecule has 0 aliphatic rings. The lowest BCUT2D eigenvalue weighted by Gasteiger charge is -2.25. The summed E-state index contributed by atoms with van der Waals surface area (Å²) in [5, 5.41) is 10.1. The molecule has 1 aromatic heterocycles. The van der Waals surface area contributed by atoms with Crippen molar-refractivity contribution in [2.75, 3.05) is 26.0 Å². The number of aryl methyl sites for hydroxylation is 3. The molecular formula is C18H27N5O. The molecule has 2 amide bonds. The summed E-state index contributed by atoms with van der Waals surface area (Å²) in [5.74, 6) is 0. The van der Waals surface area contributed by atoms with E-state index >= 15 is 0 Å². The fraction of sp³-hybridized carbons (Fsp3) is 0.444. The minimum absolute atomic E-state index is 0.121. The number of anilines is 1. The first-order chi connectivity index (χ1) is 11.4. The molecule has 2 N–H and O–H groups in total. The van der Waals surface area contributed by atoms with Crippen LogP contribution >= 0.6 is 0 Å². The van der Waals surface area contributed by atoms with Crippen molar-refractivity contribution in [2.24, 2.45) is 0 Å². The van der Waals surface area contributed by atoms with Crippen molar-refractivity contribution < 1.29 is 4.79 Å². The van der Waals surface area contributed by atoms with Gasteiger partial charge in [0.25, 0.3) is 0 Å². The number of nitrogens with zero attached hydrogens (tertiary/aromatic N) is 3. The fourth-order valence-electron chi connectivity index (χ4n) is 2.55. The smallest absolute Gasteiger partial charge is 0.319 e. The van der Waals surface area contributed by atoms with Crippen LogP contribution in [-0.4, -0.2) is 41.4 Å². The number of rotatable bonds is 6. The topological polar surface area (TPSA) is 62.2 Å². The lowest BCUT2D eigenvalue weighted by molar-refractivity contribution is 0.243. The number of hydrogen-bond acceptors (Lipinski definition) is 3. The van der Waals surface area contributed by atoms with Crippen molar-refractivity contribution in [2.45, 2.75) is 33.4 Å². The van der Waals surface area contributed by atoms with Crippen LogP contribution in [0.1, 0.15) is 29.8 Å². The van der Waals surface area contributed by atoms with E-state index in [1.165, 1.54) is 11.1 Å². The first-order valence-corrected chi connectivity index (χ1v) is 8.22. The second kappa shape index (κ2) is 7.97. The zero-order valence-corrected chi connectivity index (χ0v) is 15.1. The van der Waals surface area contributed by atoms with Crippen LogP contribution in [0.4, 0.5) is 10.5 Å². The van der Waals surface area contributed by atoms with Gasteiger partial charge in [-0.15, -0.1) is 0 Å². The van der Waals surface area contributed by atoms with Crippen molar-refractivity contribution in [1.29, 1.82) is 0 Å². The number of benzene rings is 1. The van der Waals surface area contributed by atoms with Gasteiger partial charge in [0.1, 0.15) is 0 Å². The highest BCUT2D eigenvalue weighted by Gasteiger charge is 2.16. The number of carbonyl (C=O) groups is 1. The first-order valence-electron chi connectivity index (χ1n) is 8.22. The van der Waals surface area contributed by atoms with E-state index in [-0.39, 0.29) is 12.1 Å². The van der Waals surface area contributed by atoms with Gasteiger partial charge >= 0.3 is 6.03 Å². The summed E-state index contributed by atoms with van der Waals surface area (Å²) in [5.41, 5.74) is 3.96. The lowest BCUT2D eigenvalue weighted by atomic mass is 10.0. The minimum Gasteiger partial charge on any atom is -0.336 e. The van der Waals surface area contributed by atoms with Gasteiger partial charge in [0, 0.05) is 19.3 Å². The number of likely N-dealkylation sites (N-methyl/N-ethyl adjacent to an activating group) is 1. The summed E-state index contributed by atoms with van der Waals surface area (Å²) in [6.07, 6.45) is 1.85. The second-order valence-electron chi connectivity index (χ2n) is 6.21. The van der Waals surface area contributed by atoms with E-state index in [0.717, 1.165) is 17.9 Å². The van der Waals surface area contributed by atoms with Crippen molar-refractivity contribution in [3.05, 3.63) is 47.3 Å². The van der Waals surface area contributed by atoms with Crippen molar-refractivity contribution in [3.63, 3.8) is 0 Å². The number of urea groups is 1. The highest BCUT2D eigenvalue weighted by Crippen LogP contribution is 2.18. The Morgan fingerprint density at radius 3 is 2.46 bits per heavy atom. The maximum Gasteiger partial charge on any atom is 0.319 e. The Morgan fingerprint density at radius 2 is 1.92 bits per heavy atom. The summed E-state index contributed by atoms with van der Waals surface area (Å²) >= 11 is 0. The van der Waals surface area contributed by atoms with Crippen molar-refractivity contribution in [1.82, 2.24) is 20.0 Å². The Kier molecular flexibility index (Phi) is 5.98. The van der Waals surface area contributed by atoms with Crippen LogP contribution in [0.25, 0.3) is 0 Å². The molecule has 6 heteroatoms. The largest absolute Gasteiger partial charge is 0.336 e. The average molecular weight is 329 g/mol. The highest BCUT2D eigenvalue weighted by molar-refractivity contribution is 5.89. The fourth-order valence-corrected chi connectivity index (χ4v) is 2.55. The molecule has 2 rings (SSSR count). The Labute approximate surface area is 143 Å². The molecule has 0 aliphatic carbocycles. The summed E-state index contributed by atoms with van der Waals surface area (Å²) in [6, 6.07) is 8.30. The molecule has 0 spiro atoms. The molecule has 1 atom stereocenters. The molecule has 1 heterocycles. The third-order valence-electron chi connectivity index (χ3n) is 4.06. The van der Waals surface area contributed by atoms with Crippen LogP contribution < -0.4 is 10.6 Å². The Hall–Kier alpha value is -2.34. The van der Waals surface area contributed by atoms with Crippen LogP contribution in [-0.2, 0) is 6.54 Å². The lowest BCUT2D eigenvalue weighted by Crippen LogP contribution is -2.36. The molecular weight excluding hydrogens is 302 g/mol. The average Bonchev–Trinajstić information content (AvgIpc) is 2.89. The molecule has 24 heavy (non-hydrogen) atoms. The third kappa shape index (κ3) is 4.58. The minimum atomic E-state index is -0.215. The summed E-state index contributed by atoms with van der Waals surface area (Å²) in [7, 11) is 4.03. The molecule has 0 unspecified atom stereocenters. The van der Waals surface area contributed by atoms with E-state index < -0.39 is 0 Å². The Balaban J connectivity index is 1.97. The number of carbonyl (C=O) groups excluding carboxylic acids is 1. The number of nitrogens with one attached hydrogen (secondary N) is 2. The molecule has 130 valence electrons. The number of amides is 2. The van der Waals surface area contributed by atoms with E-state index in [1.807, 2.05) is 34.1 Å². The summed E-state index contributed by atoms with van der Waals surface area (Å²) in [4.78, 5) is 14.3. The monoisotopic (exact) mass is 329 g/mol. The van der Waals surface area contributed by atoms with Crippen molar-refractivity contribution in [3.8, 4) is 0 Å². The number of hydrogen-bond donors (Lipinski definition) is 2. The molecule has 1 aromatic carbocycles. The predicted octanol–water partition coefficient (Wildman–Crippen LogP) is 2.94. The van der Waals surface area contributed by atoms with E-state index in [1.54, 1.807) is 4.68 Å². The van der Waals surface area contributed by atoms with Gasteiger partial charge in [-0.3, -0.25) is 4.68 Å². The van der Waals surface area contributed by atoms with E-state index in [9.17, 15) is 4.79 Å². The zero-order valence-electron chi connectivity index (χ0n) is 15.1. The highest BCUT2D eigenvalue weighted by atomic mass is 16.2. The van der Waals surface area contributed by atoms with Crippen LogP contribution in [0, 0.1) is 13.8 Å². The van der Waals surface area contributed by atoms with E-state index in [0.29, 0.717) is 6.54 Å². The molecule has 0 saturated heterocycles. The van der Waals surface area contributed by atoms with Crippen molar-refractivity contribution >= 4 is 11.7 Å². The molecule has 0 aliphatic heterocycles. The summed E-state index contributed by atoms with van der Waals surface area (Å²) in [6.45, 7) is 7.28. The third-order valence-corrected chi connectivity index (χ3v) is 4.06. The van der Waals surface area contributed by atoms with Crippen LogP contribution in [0.5, 0.6) is 0 Å². The van der Waals surface area contributed by atoms with Crippen LogP contribution in [0.15, 0.2) is 30.5 Å². The molecule has 2 aromatic rings. The van der Waals surface area contributed by atoms with Crippen LogP contribution in [0.3, 0.4) is 0 Å². The van der Waals surface area contributed by atoms with E-state index in [4.69, 9.17) is 0 Å². The standard InChI is InChI=1S/C18H27N5O/c1-6-23-12-16(14(3)21-23)20-18(24)19-11-17(22(4)5)15-9-7-13(2)8-10-15/h7-10,12,17H,6,11H2,1-5H3,(H2,19,20,24)/t17-/m0/s1. The van der Waals surface area contributed by atoms with Gasteiger partial charge in [-0.05, 0) is 40.4 Å². The summed E-state index contributed by atoms with van der Waals surface area (Å²) < 4.78 is 1.81. The second-order valence-corrected chi connectivity index (χ2v) is 6.21. The van der Waals surface area contributed by atoms with Gasteiger partial charge in [0.15, 0.2) is 0 Å². The molecule has 0 saturated carbocycles. The molecule has 0 bridgehead atoms. The predicted molar refractivity (Wildman–Crippen MR) is 97.3 cm³/mol. The van der Waals surface area contributed by atoms with Gasteiger partial charge in [-0.1, -0.05) is 29.8 Å². The van der Waals surface area contributed by atoms with Gasteiger partial charge in [-0.2, -0.15) is 5.10 Å². The molecule has 0 radical (unpaired) electrons. The van der Waals surface area contributed by atoms with Gasteiger partial charge in [0.2, 0.25) is 0 Å². The van der Waals surface area contributed by atoms with Gasteiger partial charge in [0.05, 0.1) is 17.4 Å². The Morgan fingerprint density at radius 1 is 1.25 bits per heavy atom. The molecule has 0 fully saturated rings. The maximum absolute atomic E-state index is 12.2. The Bertz CT molecular complexity index is 675. The normalized spacial score (nSPS) is 12.2. The van der Waals surface area contributed by atoms with E-state index in [2.05, 4.69) is 51.8 Å². The quantitative estimate of drug-likeness (QED) is 0.856. The number of aromatic nitrogens is 2. The first kappa shape index (κ1) is 18.0. The zero-order chi connectivity index (χ0) is 17.7. The SMILES string of the molecule is CCn1cc(NC(=O)NC[C@@H](c2ccc(C)cc2)N(C)C)c(C)n1.